The molecule has 0 aromatic rings. The molecule has 0 fully saturated rings. The van der Waals surface area contributed by atoms with Crippen molar-refractivity contribution in [2.24, 2.45) is 11.7 Å². The van der Waals surface area contributed by atoms with Gasteiger partial charge < -0.3 is 13.3 Å². The minimum atomic E-state index is -2.29. The van der Waals surface area contributed by atoms with Gasteiger partial charge in [-0.15, -0.1) is 0 Å². The van der Waals surface area contributed by atoms with E-state index in [1.165, 1.54) is 0 Å². The predicted octanol–water partition coefficient (Wildman–Crippen LogP) is -0.692. The van der Waals surface area contributed by atoms with E-state index in [4.69, 9.17) is 13.3 Å². The van der Waals surface area contributed by atoms with Crippen molar-refractivity contribution in [1.82, 2.24) is 10.9 Å². The van der Waals surface area contributed by atoms with E-state index in [1.807, 2.05) is 13.8 Å². The van der Waals surface area contributed by atoms with Gasteiger partial charge in [0.05, 0.1) is 0 Å². The smallest absolute Gasteiger partial charge is 0.377 e. The summed E-state index contributed by atoms with van der Waals surface area (Å²) in [6.07, 6.45) is 0. The maximum atomic E-state index is 9.71. The second-order valence-corrected chi connectivity index (χ2v) is 6.57. The highest BCUT2D eigenvalue weighted by Gasteiger charge is 2.41. The van der Waals surface area contributed by atoms with E-state index in [0.717, 1.165) is 0 Å². The molecule has 0 radical (unpaired) electrons. The van der Waals surface area contributed by atoms with Gasteiger partial charge >= 0.3 is 14.8 Å². The Labute approximate surface area is 96.9 Å². The van der Waals surface area contributed by atoms with Crippen LogP contribution < -0.4 is 22.5 Å². The summed E-state index contributed by atoms with van der Waals surface area (Å²) < 4.78 is 15.6. The fourth-order valence-corrected chi connectivity index (χ4v) is 2.91. The average molecular weight is 254 g/mol. The van der Waals surface area contributed by atoms with Crippen molar-refractivity contribution in [3.05, 3.63) is 0 Å². The quantitative estimate of drug-likeness (QED) is 0.228. The van der Waals surface area contributed by atoms with Crippen LogP contribution in [-0.4, -0.2) is 36.2 Å². The summed E-state index contributed by atoms with van der Waals surface area (Å²) in [6.45, 7) is 4.06. The summed E-state index contributed by atoms with van der Waals surface area (Å²) >= 11 is 0. The van der Waals surface area contributed by atoms with Gasteiger partial charge in [-0.3, -0.25) is 10.9 Å². The van der Waals surface area contributed by atoms with Crippen molar-refractivity contribution in [2.75, 3.05) is 21.3 Å². The Bertz CT molecular complexity index is 175. The molecule has 16 heavy (non-hydrogen) atoms. The van der Waals surface area contributed by atoms with Crippen LogP contribution in [0, 0.1) is 0 Å². The molecule has 0 bridgehead atoms. The molecule has 0 aliphatic heterocycles. The van der Waals surface area contributed by atoms with E-state index in [0.29, 0.717) is 5.54 Å². The largest absolute Gasteiger partial charge is 0.502 e. The van der Waals surface area contributed by atoms with Crippen LogP contribution in [0.3, 0.4) is 0 Å². The molecule has 0 aromatic carbocycles. The van der Waals surface area contributed by atoms with Crippen molar-refractivity contribution < 1.29 is 18.1 Å². The van der Waals surface area contributed by atoms with Gasteiger partial charge in [-0.25, -0.2) is 16.5 Å². The number of urea groups is 1. The zero-order chi connectivity index (χ0) is 13.2. The standard InChI is InChI=1S/C6H16O3Si.CH6N4O/c1-6(2)10(7-3,8-4)9-5;2-4-1(6)5-3/h6H,1-5H3;2-3H2,(H2,4,5,6). The number of rotatable bonds is 4. The average Bonchev–Trinajstić information content (AvgIpc) is 2.31. The van der Waals surface area contributed by atoms with Crippen LogP contribution in [0.4, 0.5) is 4.79 Å². The summed E-state index contributed by atoms with van der Waals surface area (Å²) in [5.41, 5.74) is 3.79. The van der Waals surface area contributed by atoms with Gasteiger partial charge in [-0.05, 0) is 0 Å². The van der Waals surface area contributed by atoms with Crippen molar-refractivity contribution in [3.8, 4) is 0 Å². The number of hydrogen-bond acceptors (Lipinski definition) is 6. The molecule has 6 N–H and O–H groups in total. The second-order valence-electron chi connectivity index (χ2n) is 2.99. The minimum Gasteiger partial charge on any atom is -0.377 e. The number of nitrogens with one attached hydrogen (secondary N) is 2. The van der Waals surface area contributed by atoms with Gasteiger partial charge in [0, 0.05) is 26.9 Å². The topological polar surface area (TPSA) is 121 Å². The molecule has 0 saturated carbocycles. The van der Waals surface area contributed by atoms with Crippen LogP contribution >= 0.6 is 0 Å². The molecular weight excluding hydrogens is 232 g/mol. The highest BCUT2D eigenvalue weighted by molar-refractivity contribution is 6.62. The zero-order valence-electron chi connectivity index (χ0n) is 10.4. The predicted molar refractivity (Wildman–Crippen MR) is 61.9 cm³/mol. The van der Waals surface area contributed by atoms with E-state index < -0.39 is 14.8 Å². The van der Waals surface area contributed by atoms with Crippen LogP contribution in [-0.2, 0) is 13.3 Å². The maximum Gasteiger partial charge on any atom is 0.502 e. The van der Waals surface area contributed by atoms with Crippen LogP contribution in [0.1, 0.15) is 13.8 Å². The number of amides is 2. The van der Waals surface area contributed by atoms with Gasteiger partial charge in [0.2, 0.25) is 0 Å². The van der Waals surface area contributed by atoms with E-state index in [1.54, 1.807) is 32.2 Å². The first-order valence-electron chi connectivity index (χ1n) is 4.56. The molecule has 0 saturated heterocycles. The summed E-state index contributed by atoms with van der Waals surface area (Å²) in [4.78, 5) is 9.71. The SMILES string of the molecule is CO[Si](OC)(OC)C(C)C.NNC(=O)NN. The lowest BCUT2D eigenvalue weighted by Gasteiger charge is -2.27. The molecule has 0 rings (SSSR count). The first kappa shape index (κ1) is 17.7. The third kappa shape index (κ3) is 6.00. The van der Waals surface area contributed by atoms with Gasteiger partial charge in [0.15, 0.2) is 0 Å². The van der Waals surface area contributed by atoms with Crippen LogP contribution in [0.15, 0.2) is 0 Å². The molecule has 98 valence electrons. The molecule has 9 heteroatoms. The molecule has 0 heterocycles. The Morgan fingerprint density at radius 3 is 1.38 bits per heavy atom. The van der Waals surface area contributed by atoms with E-state index in [-0.39, 0.29) is 0 Å². The third-order valence-corrected chi connectivity index (χ3v) is 4.94. The Morgan fingerprint density at radius 1 is 1.06 bits per heavy atom. The molecular formula is C7H22N4O4Si. The molecule has 0 aromatic heterocycles. The lowest BCUT2D eigenvalue weighted by atomic mass is 10.6. The summed E-state index contributed by atoms with van der Waals surface area (Å²) in [5, 5.41) is 0. The van der Waals surface area contributed by atoms with Crippen LogP contribution in [0.2, 0.25) is 5.54 Å². The molecule has 0 aliphatic rings. The van der Waals surface area contributed by atoms with E-state index in [2.05, 4.69) is 11.7 Å². The Kier molecular flexibility index (Phi) is 10.5. The molecule has 0 atom stereocenters. The normalized spacial score (nSPS) is 10.5. The third-order valence-electron chi connectivity index (χ3n) is 1.82. The lowest BCUT2D eigenvalue weighted by molar-refractivity contribution is 0.115. The second kappa shape index (κ2) is 9.51. The Morgan fingerprint density at radius 2 is 1.38 bits per heavy atom. The number of hydrogen-bond donors (Lipinski definition) is 4. The maximum absolute atomic E-state index is 9.71. The fraction of sp³-hybridized carbons (Fsp3) is 0.857. The van der Waals surface area contributed by atoms with Gasteiger partial charge in [-0.2, -0.15) is 0 Å². The summed E-state index contributed by atoms with van der Waals surface area (Å²) in [5.74, 6) is 9.08. The van der Waals surface area contributed by atoms with Gasteiger partial charge in [0.25, 0.3) is 0 Å². The molecule has 0 spiro atoms. The first-order valence-corrected chi connectivity index (χ1v) is 6.36. The van der Waals surface area contributed by atoms with Gasteiger partial charge in [-0.1, -0.05) is 13.8 Å². The molecule has 0 unspecified atom stereocenters. The zero-order valence-corrected chi connectivity index (χ0v) is 11.4. The van der Waals surface area contributed by atoms with Crippen molar-refractivity contribution in [3.63, 3.8) is 0 Å². The van der Waals surface area contributed by atoms with E-state index >= 15 is 0 Å². The number of carbonyl (C=O) groups excluding carboxylic acids is 1. The fourth-order valence-electron chi connectivity index (χ4n) is 0.999. The van der Waals surface area contributed by atoms with Crippen molar-refractivity contribution >= 4 is 14.8 Å². The summed E-state index contributed by atoms with van der Waals surface area (Å²) in [6, 6.07) is -0.602. The monoisotopic (exact) mass is 254 g/mol. The van der Waals surface area contributed by atoms with Crippen molar-refractivity contribution in [1.29, 1.82) is 0 Å². The highest BCUT2D eigenvalue weighted by Crippen LogP contribution is 2.21. The van der Waals surface area contributed by atoms with Crippen LogP contribution in [0.5, 0.6) is 0 Å². The van der Waals surface area contributed by atoms with Crippen LogP contribution in [0.25, 0.3) is 0 Å². The molecule has 0 aliphatic carbocycles. The summed E-state index contributed by atoms with van der Waals surface area (Å²) in [7, 11) is 2.58. The Hall–Kier alpha value is -0.713. The first-order chi connectivity index (χ1) is 7.43. The number of nitrogens with two attached hydrogens (primary N) is 2. The van der Waals surface area contributed by atoms with Crippen molar-refractivity contribution in [2.45, 2.75) is 19.4 Å². The molecule has 8 nitrogen and oxygen atoms in total. The number of hydrazine groups is 2. The highest BCUT2D eigenvalue weighted by atomic mass is 28.4. The molecule has 2 amide bonds. The van der Waals surface area contributed by atoms with E-state index in [9.17, 15) is 4.79 Å². The van der Waals surface area contributed by atoms with Gasteiger partial charge in [0.1, 0.15) is 0 Å². The lowest BCUT2D eigenvalue weighted by Crippen LogP contribution is -2.45. The Balaban J connectivity index is 0. The minimum absolute atomic E-state index is 0.312. The number of carbonyl (C=O) groups is 1.